The first kappa shape index (κ1) is 20.8. The molecule has 3 unspecified atom stereocenters. The summed E-state index contributed by atoms with van der Waals surface area (Å²) < 4.78 is 30.8. The fraction of sp³-hybridized carbons (Fsp3) is 0.789. The van der Waals surface area contributed by atoms with Crippen molar-refractivity contribution in [1.29, 1.82) is 0 Å². The molecule has 29 heavy (non-hydrogen) atoms. The average molecular weight is 426 g/mol. The molecule has 1 saturated carbocycles. The summed E-state index contributed by atoms with van der Waals surface area (Å²) in [7, 11) is -3.45. The Morgan fingerprint density at radius 3 is 2.52 bits per heavy atom. The first-order valence-electron chi connectivity index (χ1n) is 10.7. The molecule has 2 N–H and O–H groups in total. The molecule has 9 nitrogen and oxygen atoms in total. The number of nitrogens with zero attached hydrogens (tertiary/aromatic N) is 4. The van der Waals surface area contributed by atoms with E-state index in [1.54, 1.807) is 6.07 Å². The van der Waals surface area contributed by atoms with Crippen LogP contribution in [0, 0.1) is 0 Å². The summed E-state index contributed by atoms with van der Waals surface area (Å²) in [6.07, 6.45) is 6.51. The first-order valence-corrected chi connectivity index (χ1v) is 12.2. The minimum absolute atomic E-state index is 0.00641. The smallest absolute Gasteiger partial charge is 0.279 e. The highest BCUT2D eigenvalue weighted by Crippen LogP contribution is 2.29. The Balaban J connectivity index is 1.51. The Bertz CT molecular complexity index is 868. The van der Waals surface area contributed by atoms with Gasteiger partial charge in [-0.3, -0.25) is 4.79 Å². The second kappa shape index (κ2) is 8.71. The van der Waals surface area contributed by atoms with E-state index in [0.29, 0.717) is 31.9 Å². The molecular formula is C19H31N5O4S. The van der Waals surface area contributed by atoms with Gasteiger partial charge in [0.2, 0.25) is 0 Å². The van der Waals surface area contributed by atoms with Gasteiger partial charge < -0.3 is 10.0 Å². The third kappa shape index (κ3) is 4.50. The number of piperidine rings is 1. The fourth-order valence-corrected chi connectivity index (χ4v) is 6.07. The second-order valence-electron chi connectivity index (χ2n) is 8.34. The van der Waals surface area contributed by atoms with Crippen LogP contribution in [-0.4, -0.2) is 65.9 Å². The number of rotatable bonds is 6. The predicted octanol–water partition coefficient (Wildman–Crippen LogP) is 0.618. The van der Waals surface area contributed by atoms with E-state index in [1.165, 1.54) is 15.1 Å². The Kier molecular flexibility index (Phi) is 6.24. The van der Waals surface area contributed by atoms with Crippen molar-refractivity contribution < 1.29 is 13.5 Å². The van der Waals surface area contributed by atoms with E-state index in [1.807, 2.05) is 0 Å². The highest BCUT2D eigenvalue weighted by Gasteiger charge is 2.31. The van der Waals surface area contributed by atoms with E-state index >= 15 is 0 Å². The molecule has 162 valence electrons. The number of anilines is 1. The lowest BCUT2D eigenvalue weighted by molar-refractivity contribution is 0.127. The van der Waals surface area contributed by atoms with Gasteiger partial charge >= 0.3 is 0 Å². The van der Waals surface area contributed by atoms with Gasteiger partial charge in [-0.15, -0.1) is 0 Å². The molecule has 2 saturated heterocycles. The van der Waals surface area contributed by atoms with Crippen molar-refractivity contribution in [3.63, 3.8) is 0 Å². The van der Waals surface area contributed by atoms with Gasteiger partial charge in [0.15, 0.2) is 0 Å². The van der Waals surface area contributed by atoms with E-state index in [9.17, 15) is 18.3 Å². The van der Waals surface area contributed by atoms with E-state index < -0.39 is 16.3 Å². The Labute approximate surface area is 171 Å². The maximum atomic E-state index is 12.5. The lowest BCUT2D eigenvalue weighted by atomic mass is 10.0. The average Bonchev–Trinajstić information content (AvgIpc) is 3.40. The summed E-state index contributed by atoms with van der Waals surface area (Å²) in [4.78, 5) is 14.5. The van der Waals surface area contributed by atoms with Crippen LogP contribution in [0.5, 0.6) is 0 Å². The minimum atomic E-state index is -3.45. The maximum absolute atomic E-state index is 12.5. The number of hydrogen-bond acceptors (Lipinski definition) is 6. The molecule has 1 aliphatic carbocycles. The molecule has 2 aliphatic heterocycles. The molecule has 1 aromatic rings. The van der Waals surface area contributed by atoms with Crippen LogP contribution in [0.2, 0.25) is 0 Å². The minimum Gasteiger partial charge on any atom is -0.391 e. The molecule has 0 bridgehead atoms. The monoisotopic (exact) mass is 425 g/mol. The van der Waals surface area contributed by atoms with Crippen LogP contribution in [0.3, 0.4) is 0 Å². The zero-order chi connectivity index (χ0) is 20.4. The molecule has 0 spiro atoms. The summed E-state index contributed by atoms with van der Waals surface area (Å²) in [6, 6.07) is 2.94. The third-order valence-corrected chi connectivity index (χ3v) is 7.97. The summed E-state index contributed by atoms with van der Waals surface area (Å²) in [5.74, 6) is 0.675. The molecule has 3 aliphatic rings. The van der Waals surface area contributed by atoms with Gasteiger partial charge in [-0.05, 0) is 57.4 Å². The van der Waals surface area contributed by atoms with Gasteiger partial charge in [0, 0.05) is 38.3 Å². The Morgan fingerprint density at radius 2 is 1.79 bits per heavy atom. The summed E-state index contributed by atoms with van der Waals surface area (Å²) >= 11 is 0. The van der Waals surface area contributed by atoms with E-state index in [4.69, 9.17) is 0 Å². The van der Waals surface area contributed by atoms with Crippen molar-refractivity contribution in [1.82, 2.24) is 18.8 Å². The molecule has 1 aromatic heterocycles. The van der Waals surface area contributed by atoms with Crippen LogP contribution in [0.1, 0.15) is 57.4 Å². The Morgan fingerprint density at radius 1 is 1.03 bits per heavy atom. The summed E-state index contributed by atoms with van der Waals surface area (Å²) in [5, 5.41) is 14.8. The predicted molar refractivity (Wildman–Crippen MR) is 110 cm³/mol. The largest absolute Gasteiger partial charge is 0.391 e. The van der Waals surface area contributed by atoms with Gasteiger partial charge in [-0.25, -0.2) is 9.40 Å². The standard InChI is InChI=1S/C19H31N5O4S/c25-17-8-5-7-16(17)24-19(26)10-9-18(21-24)23-13-2-1-6-15(23)14-20-29(27,28)22-11-3-4-12-22/h9-10,15-17,20,25H,1-8,11-14H2. The van der Waals surface area contributed by atoms with Crippen molar-refractivity contribution in [2.24, 2.45) is 0 Å². The van der Waals surface area contributed by atoms with Gasteiger partial charge in [-0.2, -0.15) is 17.8 Å². The topological polar surface area (TPSA) is 108 Å². The lowest BCUT2D eigenvalue weighted by Crippen LogP contribution is -2.50. The molecule has 0 aromatic carbocycles. The quantitative estimate of drug-likeness (QED) is 0.692. The van der Waals surface area contributed by atoms with Crippen LogP contribution in [0.25, 0.3) is 0 Å². The van der Waals surface area contributed by atoms with Crippen LogP contribution >= 0.6 is 0 Å². The molecule has 10 heteroatoms. The number of nitrogens with one attached hydrogen (secondary N) is 1. The van der Waals surface area contributed by atoms with Crippen molar-refractivity contribution in [2.45, 2.75) is 69.6 Å². The van der Waals surface area contributed by atoms with Crippen LogP contribution in [-0.2, 0) is 10.2 Å². The fourth-order valence-electron chi connectivity index (χ4n) is 4.75. The van der Waals surface area contributed by atoms with Crippen molar-refractivity contribution in [3.05, 3.63) is 22.5 Å². The lowest BCUT2D eigenvalue weighted by Gasteiger charge is -2.37. The van der Waals surface area contributed by atoms with Crippen molar-refractivity contribution >= 4 is 16.0 Å². The zero-order valence-electron chi connectivity index (χ0n) is 16.7. The second-order valence-corrected chi connectivity index (χ2v) is 10.1. The zero-order valence-corrected chi connectivity index (χ0v) is 17.6. The van der Waals surface area contributed by atoms with Gasteiger partial charge in [-0.1, -0.05) is 0 Å². The molecular weight excluding hydrogens is 394 g/mol. The highest BCUT2D eigenvalue weighted by molar-refractivity contribution is 7.87. The Hall–Kier alpha value is -1.49. The summed E-state index contributed by atoms with van der Waals surface area (Å²) in [6.45, 7) is 2.26. The van der Waals surface area contributed by atoms with Gasteiger partial charge in [0.05, 0.1) is 12.1 Å². The summed E-state index contributed by atoms with van der Waals surface area (Å²) in [5.41, 5.74) is -0.206. The van der Waals surface area contributed by atoms with Crippen molar-refractivity contribution in [3.8, 4) is 0 Å². The van der Waals surface area contributed by atoms with Crippen LogP contribution < -0.4 is 15.2 Å². The maximum Gasteiger partial charge on any atom is 0.279 e. The molecule has 4 rings (SSSR count). The number of aliphatic hydroxyl groups is 1. The van der Waals surface area contributed by atoms with E-state index in [0.717, 1.165) is 51.5 Å². The third-order valence-electron chi connectivity index (χ3n) is 6.40. The van der Waals surface area contributed by atoms with E-state index in [-0.39, 0.29) is 17.6 Å². The normalized spacial score (nSPS) is 28.9. The van der Waals surface area contributed by atoms with Gasteiger partial charge in [0.25, 0.3) is 15.8 Å². The van der Waals surface area contributed by atoms with E-state index in [2.05, 4.69) is 14.7 Å². The number of aromatic nitrogens is 2. The van der Waals surface area contributed by atoms with Gasteiger partial charge in [0.1, 0.15) is 5.82 Å². The SMILES string of the molecule is O=c1ccc(N2CCCCC2CNS(=O)(=O)N2CCCC2)nn1C1CCCC1O. The molecule has 3 atom stereocenters. The molecule has 0 radical (unpaired) electrons. The van der Waals surface area contributed by atoms with Crippen LogP contribution in [0.4, 0.5) is 5.82 Å². The number of aliphatic hydroxyl groups excluding tert-OH is 1. The molecule has 3 fully saturated rings. The van der Waals surface area contributed by atoms with Crippen molar-refractivity contribution in [2.75, 3.05) is 31.1 Å². The van der Waals surface area contributed by atoms with Crippen LogP contribution in [0.15, 0.2) is 16.9 Å². The molecule has 3 heterocycles. The molecule has 0 amide bonds. The highest BCUT2D eigenvalue weighted by atomic mass is 32.2. The first-order chi connectivity index (χ1) is 14.0. The number of hydrogen-bond donors (Lipinski definition) is 2.